The highest BCUT2D eigenvalue weighted by Crippen LogP contribution is 2.25. The summed E-state index contributed by atoms with van der Waals surface area (Å²) in [4.78, 5) is 18.9. The molecule has 0 unspecified atom stereocenters. The number of carbonyl (C=O) groups excluding carboxylic acids is 1. The zero-order chi connectivity index (χ0) is 17.9. The van der Waals surface area contributed by atoms with Crippen molar-refractivity contribution in [1.82, 2.24) is 16.0 Å². The van der Waals surface area contributed by atoms with Gasteiger partial charge in [0.1, 0.15) is 0 Å². The number of rotatable bonds is 8. The molecule has 26 heavy (non-hydrogen) atoms. The van der Waals surface area contributed by atoms with Crippen molar-refractivity contribution < 1.29 is 4.79 Å². The largest absolute Gasteiger partial charge is 0.355 e. The number of guanidine groups is 1. The van der Waals surface area contributed by atoms with Gasteiger partial charge in [-0.25, -0.2) is 0 Å². The summed E-state index contributed by atoms with van der Waals surface area (Å²) in [6.45, 7) is 4.26. The molecule has 1 aliphatic carbocycles. The molecule has 0 radical (unpaired) electrons. The molecule has 0 aliphatic heterocycles. The number of nitrogens with zero attached hydrogens (tertiary/aromatic N) is 1. The van der Waals surface area contributed by atoms with E-state index in [1.165, 1.54) is 41.9 Å². The Bertz CT molecular complexity index is 555. The average Bonchev–Trinajstić information content (AvgIpc) is 3.10. The Morgan fingerprint density at radius 1 is 1.12 bits per heavy atom. The summed E-state index contributed by atoms with van der Waals surface area (Å²) < 4.78 is 0. The second-order valence-electron chi connectivity index (χ2n) is 6.63. The quantitative estimate of drug-likeness (QED) is 0.225. The fourth-order valence-corrected chi connectivity index (χ4v) is 4.10. The monoisotopic (exact) mass is 492 g/mol. The van der Waals surface area contributed by atoms with E-state index in [0.717, 1.165) is 18.9 Å². The lowest BCUT2D eigenvalue weighted by Crippen LogP contribution is -2.41. The molecule has 0 bridgehead atoms. The normalized spacial score (nSPS) is 15.2. The number of hydrogen-bond donors (Lipinski definition) is 3. The number of nitrogens with one attached hydrogen (secondary N) is 3. The molecule has 1 aromatic heterocycles. The van der Waals surface area contributed by atoms with E-state index in [9.17, 15) is 4.79 Å². The molecule has 0 saturated heterocycles. The van der Waals surface area contributed by atoms with Crippen LogP contribution in [0.2, 0.25) is 0 Å². The van der Waals surface area contributed by atoms with Crippen LogP contribution in [0.3, 0.4) is 0 Å². The van der Waals surface area contributed by atoms with Gasteiger partial charge < -0.3 is 16.0 Å². The standard InChI is InChI=1S/C19H32N4OS.HI/c1-3-16-9-10-17(25-16)14-23-19(20-2)22-12-11-21-18(24)13-15-7-5-4-6-8-15;/h9-10,15H,3-8,11-14H2,1-2H3,(H,21,24)(H2,20,22,23);1H. The molecule has 1 saturated carbocycles. The van der Waals surface area contributed by atoms with Crippen LogP contribution in [0.4, 0.5) is 0 Å². The third-order valence-corrected chi connectivity index (χ3v) is 5.89. The van der Waals surface area contributed by atoms with Gasteiger partial charge in [0.05, 0.1) is 6.54 Å². The second kappa shape index (κ2) is 13.4. The first kappa shape index (κ1) is 23.2. The topological polar surface area (TPSA) is 65.5 Å². The van der Waals surface area contributed by atoms with Crippen molar-refractivity contribution in [2.45, 2.75) is 58.4 Å². The zero-order valence-corrected chi connectivity index (χ0v) is 19.1. The molecular weight excluding hydrogens is 459 g/mol. The summed E-state index contributed by atoms with van der Waals surface area (Å²) >= 11 is 1.83. The van der Waals surface area contributed by atoms with Crippen molar-refractivity contribution in [2.75, 3.05) is 20.1 Å². The smallest absolute Gasteiger partial charge is 0.220 e. The van der Waals surface area contributed by atoms with E-state index in [-0.39, 0.29) is 29.9 Å². The van der Waals surface area contributed by atoms with Crippen molar-refractivity contribution in [3.8, 4) is 0 Å². The zero-order valence-electron chi connectivity index (χ0n) is 16.0. The van der Waals surface area contributed by atoms with Gasteiger partial charge in [-0.2, -0.15) is 0 Å². The van der Waals surface area contributed by atoms with Crippen LogP contribution in [0.15, 0.2) is 17.1 Å². The molecule has 0 atom stereocenters. The molecule has 0 aromatic carbocycles. The molecule has 1 aromatic rings. The Morgan fingerprint density at radius 3 is 2.46 bits per heavy atom. The first-order chi connectivity index (χ1) is 12.2. The van der Waals surface area contributed by atoms with E-state index in [1.807, 2.05) is 11.3 Å². The fraction of sp³-hybridized carbons (Fsp3) is 0.684. The summed E-state index contributed by atoms with van der Waals surface area (Å²) in [6.07, 6.45) is 8.09. The highest BCUT2D eigenvalue weighted by molar-refractivity contribution is 14.0. The van der Waals surface area contributed by atoms with Gasteiger partial charge in [-0.3, -0.25) is 9.79 Å². The minimum Gasteiger partial charge on any atom is -0.355 e. The predicted molar refractivity (Wildman–Crippen MR) is 122 cm³/mol. The summed E-state index contributed by atoms with van der Waals surface area (Å²) in [5.74, 6) is 1.55. The Labute approximate surface area is 178 Å². The Kier molecular flexibility index (Phi) is 11.9. The average molecular weight is 492 g/mol. The van der Waals surface area contributed by atoms with Gasteiger partial charge in [-0.05, 0) is 37.3 Å². The number of halogens is 1. The van der Waals surface area contributed by atoms with Crippen LogP contribution in [0.25, 0.3) is 0 Å². The van der Waals surface area contributed by atoms with Crippen LogP contribution in [-0.2, 0) is 17.8 Å². The van der Waals surface area contributed by atoms with E-state index >= 15 is 0 Å². The molecule has 148 valence electrons. The molecule has 7 heteroatoms. The van der Waals surface area contributed by atoms with Gasteiger partial charge >= 0.3 is 0 Å². The lowest BCUT2D eigenvalue weighted by molar-refractivity contribution is -0.122. The number of carbonyl (C=O) groups is 1. The lowest BCUT2D eigenvalue weighted by atomic mass is 9.87. The molecule has 1 heterocycles. The van der Waals surface area contributed by atoms with Crippen LogP contribution in [0, 0.1) is 5.92 Å². The number of amides is 1. The highest BCUT2D eigenvalue weighted by atomic mass is 127. The Balaban J connectivity index is 0.00000338. The maximum atomic E-state index is 12.0. The van der Waals surface area contributed by atoms with Crippen LogP contribution in [0.5, 0.6) is 0 Å². The van der Waals surface area contributed by atoms with Crippen molar-refractivity contribution in [2.24, 2.45) is 10.9 Å². The molecular formula is C19H33IN4OS. The SMILES string of the molecule is CCc1ccc(CNC(=NC)NCCNC(=O)CC2CCCCC2)s1.I. The van der Waals surface area contributed by atoms with E-state index in [0.29, 0.717) is 25.4 Å². The van der Waals surface area contributed by atoms with Crippen LogP contribution in [-0.4, -0.2) is 32.0 Å². The van der Waals surface area contributed by atoms with Gasteiger partial charge in [0, 0.05) is 36.3 Å². The van der Waals surface area contributed by atoms with E-state index in [1.54, 1.807) is 7.05 Å². The van der Waals surface area contributed by atoms with Crippen LogP contribution >= 0.6 is 35.3 Å². The third-order valence-electron chi connectivity index (χ3n) is 4.66. The summed E-state index contributed by atoms with van der Waals surface area (Å²) in [5, 5.41) is 9.57. The molecule has 1 fully saturated rings. The van der Waals surface area contributed by atoms with Gasteiger partial charge in [-0.1, -0.05) is 26.2 Å². The maximum Gasteiger partial charge on any atom is 0.220 e. The van der Waals surface area contributed by atoms with Gasteiger partial charge in [-0.15, -0.1) is 35.3 Å². The number of hydrogen-bond acceptors (Lipinski definition) is 3. The third kappa shape index (κ3) is 8.70. The van der Waals surface area contributed by atoms with Crippen LogP contribution in [0.1, 0.15) is 55.2 Å². The van der Waals surface area contributed by atoms with Gasteiger partial charge in [0.15, 0.2) is 5.96 Å². The van der Waals surface area contributed by atoms with Gasteiger partial charge in [0.2, 0.25) is 5.91 Å². The van der Waals surface area contributed by atoms with Crippen molar-refractivity contribution in [3.05, 3.63) is 21.9 Å². The van der Waals surface area contributed by atoms with E-state index < -0.39 is 0 Å². The van der Waals surface area contributed by atoms with Crippen molar-refractivity contribution in [1.29, 1.82) is 0 Å². The molecule has 1 amide bonds. The number of thiophene rings is 1. The molecule has 3 N–H and O–H groups in total. The van der Waals surface area contributed by atoms with E-state index in [2.05, 4.69) is 40.0 Å². The van der Waals surface area contributed by atoms with Gasteiger partial charge in [0.25, 0.3) is 0 Å². The second-order valence-corrected chi connectivity index (χ2v) is 7.89. The lowest BCUT2D eigenvalue weighted by Gasteiger charge is -2.20. The fourth-order valence-electron chi connectivity index (χ4n) is 3.21. The Morgan fingerprint density at radius 2 is 1.81 bits per heavy atom. The highest BCUT2D eigenvalue weighted by Gasteiger charge is 2.16. The first-order valence-electron chi connectivity index (χ1n) is 9.50. The van der Waals surface area contributed by atoms with E-state index in [4.69, 9.17) is 0 Å². The van der Waals surface area contributed by atoms with Crippen molar-refractivity contribution >= 4 is 47.2 Å². The minimum absolute atomic E-state index is 0. The maximum absolute atomic E-state index is 12.0. The summed E-state index contributed by atoms with van der Waals surface area (Å²) in [5.41, 5.74) is 0. The number of aliphatic imine (C=N–C) groups is 1. The number of aryl methyl sites for hydroxylation is 1. The minimum atomic E-state index is 0. The first-order valence-corrected chi connectivity index (χ1v) is 10.3. The molecule has 0 spiro atoms. The van der Waals surface area contributed by atoms with Crippen LogP contribution < -0.4 is 16.0 Å². The summed E-state index contributed by atoms with van der Waals surface area (Å²) in [7, 11) is 1.77. The predicted octanol–water partition coefficient (Wildman–Crippen LogP) is 3.68. The van der Waals surface area contributed by atoms with Crippen molar-refractivity contribution in [3.63, 3.8) is 0 Å². The Hall–Kier alpha value is -0.830. The summed E-state index contributed by atoms with van der Waals surface area (Å²) in [6, 6.07) is 4.34. The molecule has 2 rings (SSSR count). The molecule has 5 nitrogen and oxygen atoms in total. The molecule has 1 aliphatic rings.